The third-order valence-corrected chi connectivity index (χ3v) is 3.23. The SMILES string of the molecule is Cc1[nH]c2c(-c3cnoc3N)cccc2c1C. The van der Waals surface area contributed by atoms with Crippen LogP contribution in [0.4, 0.5) is 5.88 Å². The van der Waals surface area contributed by atoms with Crippen LogP contribution >= 0.6 is 0 Å². The van der Waals surface area contributed by atoms with Gasteiger partial charge in [0, 0.05) is 16.6 Å². The maximum absolute atomic E-state index is 5.77. The molecule has 0 aliphatic carbocycles. The van der Waals surface area contributed by atoms with Gasteiger partial charge in [0.2, 0.25) is 5.88 Å². The van der Waals surface area contributed by atoms with Crippen molar-refractivity contribution >= 4 is 16.8 Å². The number of nitrogens with two attached hydrogens (primary N) is 1. The number of rotatable bonds is 1. The highest BCUT2D eigenvalue weighted by atomic mass is 16.5. The largest absolute Gasteiger partial charge is 0.367 e. The molecule has 0 aliphatic heterocycles. The van der Waals surface area contributed by atoms with E-state index < -0.39 is 0 Å². The molecule has 17 heavy (non-hydrogen) atoms. The van der Waals surface area contributed by atoms with E-state index in [1.165, 1.54) is 16.6 Å². The average Bonchev–Trinajstić information content (AvgIpc) is 2.85. The average molecular weight is 227 g/mol. The Morgan fingerprint density at radius 1 is 1.24 bits per heavy atom. The lowest BCUT2D eigenvalue weighted by Gasteiger charge is -2.00. The Kier molecular flexibility index (Phi) is 1.98. The molecule has 2 heterocycles. The fraction of sp³-hybridized carbons (Fsp3) is 0.154. The molecule has 3 rings (SSSR count). The Labute approximate surface area is 98.4 Å². The van der Waals surface area contributed by atoms with E-state index in [9.17, 15) is 0 Å². The molecular formula is C13H13N3O. The van der Waals surface area contributed by atoms with Crippen molar-refractivity contribution in [3.63, 3.8) is 0 Å². The number of aromatic nitrogens is 2. The van der Waals surface area contributed by atoms with E-state index in [-0.39, 0.29) is 0 Å². The van der Waals surface area contributed by atoms with E-state index in [4.69, 9.17) is 10.3 Å². The topological polar surface area (TPSA) is 67.8 Å². The molecule has 0 atom stereocenters. The number of benzene rings is 1. The van der Waals surface area contributed by atoms with Gasteiger partial charge < -0.3 is 15.2 Å². The summed E-state index contributed by atoms with van der Waals surface area (Å²) in [6.07, 6.45) is 1.65. The first-order valence-electron chi connectivity index (χ1n) is 5.47. The maximum Gasteiger partial charge on any atom is 0.230 e. The van der Waals surface area contributed by atoms with Crippen LogP contribution in [0.3, 0.4) is 0 Å². The van der Waals surface area contributed by atoms with Crippen LogP contribution in [0.2, 0.25) is 0 Å². The molecule has 0 aliphatic rings. The second kappa shape index (κ2) is 3.38. The van der Waals surface area contributed by atoms with Gasteiger partial charge in [0.15, 0.2) is 0 Å². The Bertz CT molecular complexity index is 694. The molecule has 0 saturated heterocycles. The predicted octanol–water partition coefficient (Wildman–Crippen LogP) is 3.02. The number of fused-ring (bicyclic) bond motifs is 1. The van der Waals surface area contributed by atoms with Crippen molar-refractivity contribution in [3.8, 4) is 11.1 Å². The van der Waals surface area contributed by atoms with Crippen molar-refractivity contribution in [1.82, 2.24) is 10.1 Å². The van der Waals surface area contributed by atoms with Gasteiger partial charge in [-0.15, -0.1) is 0 Å². The zero-order valence-electron chi connectivity index (χ0n) is 9.74. The fourth-order valence-corrected chi connectivity index (χ4v) is 2.16. The molecule has 4 heteroatoms. The summed E-state index contributed by atoms with van der Waals surface area (Å²) in [5, 5.41) is 4.93. The first-order valence-corrected chi connectivity index (χ1v) is 5.47. The summed E-state index contributed by atoms with van der Waals surface area (Å²) in [6.45, 7) is 4.17. The van der Waals surface area contributed by atoms with Gasteiger partial charge >= 0.3 is 0 Å². The van der Waals surface area contributed by atoms with Crippen LogP contribution in [0.25, 0.3) is 22.0 Å². The number of anilines is 1. The minimum atomic E-state index is 0.349. The van der Waals surface area contributed by atoms with Crippen LogP contribution in [0.5, 0.6) is 0 Å². The van der Waals surface area contributed by atoms with E-state index >= 15 is 0 Å². The van der Waals surface area contributed by atoms with Crippen molar-refractivity contribution in [2.45, 2.75) is 13.8 Å². The predicted molar refractivity (Wildman–Crippen MR) is 67.7 cm³/mol. The summed E-state index contributed by atoms with van der Waals surface area (Å²) in [7, 11) is 0. The first-order chi connectivity index (χ1) is 8.18. The number of nitrogens with one attached hydrogen (secondary N) is 1. The number of H-pyrrole nitrogens is 1. The van der Waals surface area contributed by atoms with E-state index in [2.05, 4.69) is 30.1 Å². The summed E-state index contributed by atoms with van der Waals surface area (Å²) < 4.78 is 4.92. The van der Waals surface area contributed by atoms with Crippen molar-refractivity contribution in [1.29, 1.82) is 0 Å². The maximum atomic E-state index is 5.77. The summed E-state index contributed by atoms with van der Waals surface area (Å²) in [4.78, 5) is 3.39. The highest BCUT2D eigenvalue weighted by Crippen LogP contribution is 2.33. The second-order valence-corrected chi connectivity index (χ2v) is 4.21. The molecule has 0 amide bonds. The molecule has 0 spiro atoms. The summed E-state index contributed by atoms with van der Waals surface area (Å²) in [5.74, 6) is 0.349. The van der Waals surface area contributed by atoms with Crippen LogP contribution in [0, 0.1) is 13.8 Å². The lowest BCUT2D eigenvalue weighted by atomic mass is 10.0. The zero-order valence-corrected chi connectivity index (χ0v) is 9.74. The molecule has 2 aromatic heterocycles. The van der Waals surface area contributed by atoms with Crippen molar-refractivity contribution in [2.75, 3.05) is 5.73 Å². The number of nitrogens with zero attached hydrogens (tertiary/aromatic N) is 1. The van der Waals surface area contributed by atoms with Crippen molar-refractivity contribution < 1.29 is 4.52 Å². The van der Waals surface area contributed by atoms with Crippen LogP contribution in [0.15, 0.2) is 28.9 Å². The number of aromatic amines is 1. The van der Waals surface area contributed by atoms with Crippen LogP contribution in [0.1, 0.15) is 11.3 Å². The van der Waals surface area contributed by atoms with Crippen LogP contribution < -0.4 is 5.73 Å². The van der Waals surface area contributed by atoms with Gasteiger partial charge in [0.1, 0.15) is 0 Å². The number of aryl methyl sites for hydroxylation is 2. The van der Waals surface area contributed by atoms with Gasteiger partial charge in [0.25, 0.3) is 0 Å². The summed E-state index contributed by atoms with van der Waals surface area (Å²) >= 11 is 0. The molecule has 4 nitrogen and oxygen atoms in total. The number of nitrogen functional groups attached to an aromatic ring is 1. The third kappa shape index (κ3) is 1.34. The molecule has 86 valence electrons. The number of para-hydroxylation sites is 1. The molecule has 0 bridgehead atoms. The van der Waals surface area contributed by atoms with Gasteiger partial charge in [-0.05, 0) is 19.4 Å². The lowest BCUT2D eigenvalue weighted by Crippen LogP contribution is -1.85. The van der Waals surface area contributed by atoms with Gasteiger partial charge in [-0.25, -0.2) is 0 Å². The minimum absolute atomic E-state index is 0.349. The highest BCUT2D eigenvalue weighted by molar-refractivity contribution is 5.98. The third-order valence-electron chi connectivity index (χ3n) is 3.23. The Morgan fingerprint density at radius 3 is 2.76 bits per heavy atom. The zero-order chi connectivity index (χ0) is 12.0. The normalized spacial score (nSPS) is 11.2. The molecule has 0 radical (unpaired) electrons. The fourth-order valence-electron chi connectivity index (χ4n) is 2.16. The monoisotopic (exact) mass is 227 g/mol. The molecule has 1 aromatic carbocycles. The first kappa shape index (κ1) is 9.96. The molecule has 0 unspecified atom stereocenters. The van der Waals surface area contributed by atoms with E-state index in [1.54, 1.807) is 6.20 Å². The molecule has 0 fully saturated rings. The second-order valence-electron chi connectivity index (χ2n) is 4.21. The van der Waals surface area contributed by atoms with Crippen LogP contribution in [-0.2, 0) is 0 Å². The Balaban J connectivity index is 2.38. The summed E-state index contributed by atoms with van der Waals surface area (Å²) in [6, 6.07) is 6.13. The molecular weight excluding hydrogens is 214 g/mol. The Morgan fingerprint density at radius 2 is 2.06 bits per heavy atom. The molecule has 3 aromatic rings. The van der Waals surface area contributed by atoms with E-state index in [0.717, 1.165) is 16.6 Å². The van der Waals surface area contributed by atoms with Crippen molar-refractivity contribution in [2.24, 2.45) is 0 Å². The standard InChI is InChI=1S/C13H13N3O/c1-7-8(2)16-12-9(7)4-3-5-10(12)11-6-15-17-13(11)14/h3-6,16H,14H2,1-2H3. The highest BCUT2D eigenvalue weighted by Gasteiger charge is 2.13. The van der Waals surface area contributed by atoms with Gasteiger partial charge in [-0.2, -0.15) is 0 Å². The smallest absolute Gasteiger partial charge is 0.230 e. The number of hydrogen-bond acceptors (Lipinski definition) is 3. The van der Waals surface area contributed by atoms with Crippen LogP contribution in [-0.4, -0.2) is 10.1 Å². The van der Waals surface area contributed by atoms with E-state index in [0.29, 0.717) is 5.88 Å². The van der Waals surface area contributed by atoms with Crippen molar-refractivity contribution in [3.05, 3.63) is 35.7 Å². The number of hydrogen-bond donors (Lipinski definition) is 2. The van der Waals surface area contributed by atoms with Gasteiger partial charge in [0.05, 0.1) is 17.3 Å². The van der Waals surface area contributed by atoms with E-state index in [1.807, 2.05) is 12.1 Å². The molecule has 0 saturated carbocycles. The van der Waals surface area contributed by atoms with Gasteiger partial charge in [-0.3, -0.25) is 0 Å². The van der Waals surface area contributed by atoms with Gasteiger partial charge in [-0.1, -0.05) is 23.4 Å². The quantitative estimate of drug-likeness (QED) is 0.671. The lowest BCUT2D eigenvalue weighted by molar-refractivity contribution is 0.436. The Hall–Kier alpha value is -2.23. The summed E-state index contributed by atoms with van der Waals surface area (Å²) in [5.41, 5.74) is 11.1. The minimum Gasteiger partial charge on any atom is -0.367 e. The molecule has 3 N–H and O–H groups in total.